The number of hydrogen-bond donors (Lipinski definition) is 0. The molecule has 3 aromatic rings. The summed E-state index contributed by atoms with van der Waals surface area (Å²) in [7, 11) is 0. The van der Waals surface area contributed by atoms with Crippen molar-refractivity contribution >= 4 is 5.57 Å². The zero-order valence-corrected chi connectivity index (χ0v) is 19.2. The highest BCUT2D eigenvalue weighted by molar-refractivity contribution is 5.79. The van der Waals surface area contributed by atoms with Crippen molar-refractivity contribution in [3.05, 3.63) is 96.1 Å². The predicted octanol–water partition coefficient (Wildman–Crippen LogP) is 6.57. The van der Waals surface area contributed by atoms with Gasteiger partial charge in [0.1, 0.15) is 11.6 Å². The molecule has 1 aliphatic heterocycles. The Kier molecular flexibility index (Phi) is 8.42. The van der Waals surface area contributed by atoms with Crippen LogP contribution < -0.4 is 0 Å². The van der Waals surface area contributed by atoms with Crippen LogP contribution in [0, 0.1) is 17.6 Å². The zero-order valence-electron chi connectivity index (χ0n) is 19.2. The van der Waals surface area contributed by atoms with Gasteiger partial charge in [0.2, 0.25) is 0 Å². The molecule has 0 radical (unpaired) electrons. The molecule has 33 heavy (non-hydrogen) atoms. The number of likely N-dealkylation sites (tertiary alicyclic amines) is 1. The van der Waals surface area contributed by atoms with E-state index in [1.54, 1.807) is 0 Å². The first-order valence-corrected chi connectivity index (χ1v) is 12.1. The van der Waals surface area contributed by atoms with Gasteiger partial charge in [-0.3, -0.25) is 0 Å². The maximum Gasteiger partial charge on any atom is 0.123 e. The number of unbranched alkanes of at least 4 members (excludes halogenated alkanes) is 3. The van der Waals surface area contributed by atoms with Gasteiger partial charge in [0.05, 0.1) is 6.33 Å². The quantitative estimate of drug-likeness (QED) is 0.327. The lowest BCUT2D eigenvalue weighted by molar-refractivity contribution is 0.199. The molecule has 2 heterocycles. The average Bonchev–Trinajstić information content (AvgIpc) is 3.36. The van der Waals surface area contributed by atoms with E-state index >= 15 is 0 Å². The van der Waals surface area contributed by atoms with Gasteiger partial charge in [0, 0.05) is 18.9 Å². The molecular formula is C28H33F2N3. The van der Waals surface area contributed by atoms with Crippen LogP contribution in [0.1, 0.15) is 49.7 Å². The van der Waals surface area contributed by atoms with Crippen molar-refractivity contribution in [2.24, 2.45) is 5.92 Å². The number of nitrogens with zero attached hydrogens (tertiary/aromatic N) is 3. The molecule has 0 N–H and O–H groups in total. The smallest absolute Gasteiger partial charge is 0.123 e. The highest BCUT2D eigenvalue weighted by Gasteiger charge is 2.19. The molecule has 0 saturated carbocycles. The Hall–Kier alpha value is -2.79. The fraction of sp³-hybridized carbons (Fsp3) is 0.393. The summed E-state index contributed by atoms with van der Waals surface area (Å²) in [5, 5.41) is 0. The van der Waals surface area contributed by atoms with Crippen LogP contribution in [-0.4, -0.2) is 34.1 Å². The number of piperidine rings is 1. The molecule has 1 fully saturated rings. The van der Waals surface area contributed by atoms with Gasteiger partial charge in [0.15, 0.2) is 0 Å². The Balaban J connectivity index is 1.27. The molecule has 174 valence electrons. The van der Waals surface area contributed by atoms with Crippen LogP contribution >= 0.6 is 0 Å². The van der Waals surface area contributed by atoms with Crippen LogP contribution in [-0.2, 0) is 6.54 Å². The second kappa shape index (κ2) is 11.9. The third kappa shape index (κ3) is 7.10. The Morgan fingerprint density at radius 1 is 0.818 bits per heavy atom. The van der Waals surface area contributed by atoms with Gasteiger partial charge in [-0.15, -0.1) is 0 Å². The Morgan fingerprint density at radius 3 is 1.94 bits per heavy atom. The third-order valence-electron chi connectivity index (χ3n) is 6.54. The van der Waals surface area contributed by atoms with E-state index in [1.807, 2.05) is 43.0 Å². The lowest BCUT2D eigenvalue weighted by Crippen LogP contribution is -2.34. The first-order chi connectivity index (χ1) is 16.2. The standard InChI is InChI=1S/C28H33F2N3/c29-26-9-5-24(6-10-26)28(25-7-11-27(30)12-8-25)21-23-13-18-32(19-14-23)16-3-1-2-4-17-33-20-15-31-22-33/h5-12,15,20-23H,1-4,13-14,16-19H2. The number of imidazole rings is 1. The molecular weight excluding hydrogens is 416 g/mol. The van der Waals surface area contributed by atoms with E-state index < -0.39 is 0 Å². The van der Waals surface area contributed by atoms with Crippen LogP contribution in [0.15, 0.2) is 73.3 Å². The van der Waals surface area contributed by atoms with E-state index in [9.17, 15) is 8.78 Å². The molecule has 1 aliphatic rings. The highest BCUT2D eigenvalue weighted by Crippen LogP contribution is 2.29. The van der Waals surface area contributed by atoms with Gasteiger partial charge >= 0.3 is 0 Å². The van der Waals surface area contributed by atoms with Gasteiger partial charge in [-0.25, -0.2) is 13.8 Å². The monoisotopic (exact) mass is 449 g/mol. The van der Waals surface area contributed by atoms with E-state index in [1.165, 1.54) is 56.5 Å². The molecule has 0 aliphatic carbocycles. The Labute approximate surface area is 195 Å². The third-order valence-corrected chi connectivity index (χ3v) is 6.54. The van der Waals surface area contributed by atoms with Gasteiger partial charge < -0.3 is 9.47 Å². The summed E-state index contributed by atoms with van der Waals surface area (Å²) in [4.78, 5) is 6.66. The number of aryl methyl sites for hydroxylation is 1. The van der Waals surface area contributed by atoms with Crippen molar-refractivity contribution in [2.45, 2.75) is 45.1 Å². The van der Waals surface area contributed by atoms with E-state index in [-0.39, 0.29) is 11.6 Å². The summed E-state index contributed by atoms with van der Waals surface area (Å²) in [5.74, 6) is -0.0129. The van der Waals surface area contributed by atoms with Crippen molar-refractivity contribution in [3.8, 4) is 0 Å². The molecule has 4 rings (SSSR count). The van der Waals surface area contributed by atoms with Crippen molar-refractivity contribution in [3.63, 3.8) is 0 Å². The maximum atomic E-state index is 13.5. The largest absolute Gasteiger partial charge is 0.337 e. The summed E-state index contributed by atoms with van der Waals surface area (Å²) in [6.45, 7) is 4.44. The van der Waals surface area contributed by atoms with Crippen LogP contribution in [0.25, 0.3) is 5.57 Å². The number of benzene rings is 2. The summed E-state index contributed by atoms with van der Waals surface area (Å²) in [6.07, 6.45) is 15.3. The minimum absolute atomic E-state index is 0.243. The van der Waals surface area contributed by atoms with E-state index in [2.05, 4.69) is 20.5 Å². The van der Waals surface area contributed by atoms with Crippen LogP contribution in [0.4, 0.5) is 8.78 Å². The summed E-state index contributed by atoms with van der Waals surface area (Å²) < 4.78 is 29.1. The number of halogens is 2. The summed E-state index contributed by atoms with van der Waals surface area (Å²) in [6, 6.07) is 13.2. The van der Waals surface area contributed by atoms with Gasteiger partial charge in [-0.2, -0.15) is 0 Å². The van der Waals surface area contributed by atoms with E-state index in [0.717, 1.165) is 49.2 Å². The fourth-order valence-electron chi connectivity index (χ4n) is 4.60. The molecule has 0 spiro atoms. The average molecular weight is 450 g/mol. The predicted molar refractivity (Wildman–Crippen MR) is 130 cm³/mol. The maximum absolute atomic E-state index is 13.5. The number of hydrogen-bond acceptors (Lipinski definition) is 2. The molecule has 1 aromatic heterocycles. The molecule has 0 amide bonds. The number of allylic oxidation sites excluding steroid dienone is 1. The molecule has 5 heteroatoms. The van der Waals surface area contributed by atoms with Crippen molar-refractivity contribution in [1.29, 1.82) is 0 Å². The van der Waals surface area contributed by atoms with Gasteiger partial charge in [-0.1, -0.05) is 43.2 Å². The molecule has 1 saturated heterocycles. The van der Waals surface area contributed by atoms with Gasteiger partial charge in [-0.05, 0) is 92.2 Å². The van der Waals surface area contributed by atoms with Crippen LogP contribution in [0.5, 0.6) is 0 Å². The summed E-state index contributed by atoms with van der Waals surface area (Å²) in [5.41, 5.74) is 3.01. The number of rotatable bonds is 10. The van der Waals surface area contributed by atoms with Crippen molar-refractivity contribution < 1.29 is 8.78 Å². The lowest BCUT2D eigenvalue weighted by atomic mass is 9.89. The normalized spacial score (nSPS) is 15.0. The Morgan fingerprint density at radius 2 is 1.39 bits per heavy atom. The fourth-order valence-corrected chi connectivity index (χ4v) is 4.60. The zero-order chi connectivity index (χ0) is 22.9. The highest BCUT2D eigenvalue weighted by atomic mass is 19.1. The van der Waals surface area contributed by atoms with Gasteiger partial charge in [0.25, 0.3) is 0 Å². The molecule has 0 unspecified atom stereocenters. The van der Waals surface area contributed by atoms with E-state index in [4.69, 9.17) is 0 Å². The second-order valence-corrected chi connectivity index (χ2v) is 8.99. The molecule has 0 atom stereocenters. The molecule has 3 nitrogen and oxygen atoms in total. The van der Waals surface area contributed by atoms with Crippen LogP contribution in [0.2, 0.25) is 0 Å². The molecule has 0 bridgehead atoms. The SMILES string of the molecule is Fc1ccc(C(=CC2CCN(CCCCCCn3ccnc3)CC2)c2ccc(F)cc2)cc1. The molecule has 2 aromatic carbocycles. The second-order valence-electron chi connectivity index (χ2n) is 8.99. The topological polar surface area (TPSA) is 21.1 Å². The minimum Gasteiger partial charge on any atom is -0.337 e. The van der Waals surface area contributed by atoms with Crippen molar-refractivity contribution in [2.75, 3.05) is 19.6 Å². The van der Waals surface area contributed by atoms with Crippen molar-refractivity contribution in [1.82, 2.24) is 14.5 Å². The minimum atomic E-state index is -0.243. The summed E-state index contributed by atoms with van der Waals surface area (Å²) >= 11 is 0. The number of aromatic nitrogens is 2. The Bertz CT molecular complexity index is 939. The first kappa shape index (κ1) is 23.4. The lowest BCUT2D eigenvalue weighted by Gasteiger charge is -2.31. The van der Waals surface area contributed by atoms with Crippen LogP contribution in [0.3, 0.4) is 0 Å². The van der Waals surface area contributed by atoms with E-state index in [0.29, 0.717) is 5.92 Å². The first-order valence-electron chi connectivity index (χ1n) is 12.1.